The number of carboxylic acids is 1. The van der Waals surface area contributed by atoms with Crippen LogP contribution >= 0.6 is 0 Å². The molecule has 2 aromatic carbocycles. The summed E-state index contributed by atoms with van der Waals surface area (Å²) in [5.41, 5.74) is -0.569. The Kier molecular flexibility index (Phi) is 7.26. The molecule has 0 aliphatic rings. The van der Waals surface area contributed by atoms with Gasteiger partial charge in [-0.25, -0.2) is 0 Å². The number of ether oxygens (including phenoxy) is 2. The molecule has 26 heavy (non-hydrogen) atoms. The van der Waals surface area contributed by atoms with Crippen LogP contribution in [0.2, 0.25) is 0 Å². The van der Waals surface area contributed by atoms with Gasteiger partial charge in [0.1, 0.15) is 18.0 Å². The van der Waals surface area contributed by atoms with Crippen LogP contribution in [0.1, 0.15) is 17.0 Å². The monoisotopic (exact) mass is 362 g/mol. The van der Waals surface area contributed by atoms with Gasteiger partial charge in [0.2, 0.25) is 11.2 Å². The van der Waals surface area contributed by atoms with E-state index in [1.165, 1.54) is 0 Å². The van der Waals surface area contributed by atoms with Crippen LogP contribution in [0.3, 0.4) is 0 Å². The summed E-state index contributed by atoms with van der Waals surface area (Å²) in [5.74, 6) is -1.36. The van der Waals surface area contributed by atoms with Crippen LogP contribution in [0.25, 0.3) is 10.8 Å². The van der Waals surface area contributed by atoms with Gasteiger partial charge in [-0.2, -0.15) is 0 Å². The van der Waals surface area contributed by atoms with Crippen molar-refractivity contribution in [2.45, 2.75) is 6.42 Å². The summed E-state index contributed by atoms with van der Waals surface area (Å²) >= 11 is 0. The average Bonchev–Trinajstić information content (AvgIpc) is 2.62. The molecule has 7 heteroatoms. The number of hydrogen-bond donors (Lipinski definition) is 0. The molecule has 0 N–H and O–H groups in total. The van der Waals surface area contributed by atoms with E-state index < -0.39 is 17.2 Å². The second-order valence-electron chi connectivity index (χ2n) is 5.32. The first-order valence-corrected chi connectivity index (χ1v) is 7.72. The van der Waals surface area contributed by atoms with Crippen LogP contribution in [0.4, 0.5) is 0 Å². The predicted octanol–water partition coefficient (Wildman–Crippen LogP) is -0.992. The third kappa shape index (κ3) is 5.11. The molecule has 0 radical (unpaired) electrons. The Balaban J connectivity index is 0.00000243. The molecule has 0 bridgehead atoms. The Hall–Kier alpha value is -2.28. The van der Waals surface area contributed by atoms with Crippen molar-refractivity contribution in [3.05, 3.63) is 70.8 Å². The van der Waals surface area contributed by atoms with Crippen molar-refractivity contribution in [1.29, 1.82) is 0 Å². The number of hydrogen-bond acceptors (Lipinski definition) is 6. The molecule has 3 rings (SSSR count). The normalized spacial score (nSPS) is 10.2. The predicted molar refractivity (Wildman–Crippen MR) is 88.9 cm³/mol. The molecule has 128 valence electrons. The fraction of sp³-hybridized carbons (Fsp3) is 0.158. The first-order valence-electron chi connectivity index (χ1n) is 7.72. The van der Waals surface area contributed by atoms with Crippen LogP contribution in [0, 0.1) is 0 Å². The smallest absolute Gasteiger partial charge is 0.542 e. The quantitative estimate of drug-likeness (QED) is 0.396. The molecule has 0 aliphatic carbocycles. The van der Waals surface area contributed by atoms with Crippen LogP contribution in [-0.2, 0) is 0 Å². The molecule has 1 heterocycles. The number of carboxylic acid groups (broad SMARTS) is 1. The zero-order valence-electron chi connectivity index (χ0n) is 14.3. The van der Waals surface area contributed by atoms with Crippen molar-refractivity contribution in [1.82, 2.24) is 0 Å². The Morgan fingerprint density at radius 3 is 2.46 bits per heavy atom. The summed E-state index contributed by atoms with van der Waals surface area (Å²) in [6.07, 6.45) is 1.52. The van der Waals surface area contributed by atoms with E-state index in [-0.39, 0.29) is 41.9 Å². The SMILES string of the molecule is O=C([O-])c1cc(=O)c(OCCCOc2ccc3ccccc3c2)co1.[Na+]. The van der Waals surface area contributed by atoms with E-state index in [0.717, 1.165) is 28.9 Å². The Bertz CT molecular complexity index is 950. The Labute approximate surface area is 171 Å². The van der Waals surface area contributed by atoms with E-state index in [1.807, 2.05) is 42.5 Å². The minimum Gasteiger partial charge on any atom is -0.542 e. The molecular weight excluding hydrogens is 347 g/mol. The fourth-order valence-corrected chi connectivity index (χ4v) is 2.30. The van der Waals surface area contributed by atoms with E-state index in [2.05, 4.69) is 0 Å². The van der Waals surface area contributed by atoms with Gasteiger partial charge >= 0.3 is 29.6 Å². The average molecular weight is 362 g/mol. The van der Waals surface area contributed by atoms with E-state index in [1.54, 1.807) is 0 Å². The maximum absolute atomic E-state index is 11.6. The molecular formula is C19H15NaO6. The summed E-state index contributed by atoms with van der Waals surface area (Å²) in [7, 11) is 0. The third-order valence-electron chi connectivity index (χ3n) is 3.54. The van der Waals surface area contributed by atoms with Crippen molar-refractivity contribution in [3.63, 3.8) is 0 Å². The van der Waals surface area contributed by atoms with Crippen LogP contribution in [0.5, 0.6) is 11.5 Å². The fourth-order valence-electron chi connectivity index (χ4n) is 2.30. The maximum Gasteiger partial charge on any atom is 1.00 e. The molecule has 0 unspecified atom stereocenters. The van der Waals surface area contributed by atoms with Gasteiger partial charge in [-0.05, 0) is 22.9 Å². The largest absolute Gasteiger partial charge is 1.00 e. The van der Waals surface area contributed by atoms with E-state index >= 15 is 0 Å². The van der Waals surface area contributed by atoms with Crippen molar-refractivity contribution in [2.24, 2.45) is 0 Å². The number of carbonyl (C=O) groups excluding carboxylic acids is 1. The Morgan fingerprint density at radius 2 is 1.73 bits per heavy atom. The van der Waals surface area contributed by atoms with E-state index in [4.69, 9.17) is 13.9 Å². The van der Waals surface area contributed by atoms with Crippen molar-refractivity contribution in [2.75, 3.05) is 13.2 Å². The molecule has 0 atom stereocenters. The summed E-state index contributed by atoms with van der Waals surface area (Å²) in [6.45, 7) is 0.657. The molecule has 3 aromatic rings. The topological polar surface area (TPSA) is 88.8 Å². The summed E-state index contributed by atoms with van der Waals surface area (Å²) in [6, 6.07) is 14.7. The standard InChI is InChI=1S/C19H16O6.Na/c20-16-11-17(19(21)22)25-12-18(16)24-9-3-8-23-15-7-6-13-4-1-2-5-14(13)10-15;/h1-2,4-7,10-12H,3,8-9H2,(H,21,22);/q;+1/p-1. The Morgan fingerprint density at radius 1 is 1.00 bits per heavy atom. The van der Waals surface area contributed by atoms with Crippen molar-refractivity contribution >= 4 is 16.7 Å². The molecule has 1 aromatic heterocycles. The molecule has 6 nitrogen and oxygen atoms in total. The van der Waals surface area contributed by atoms with E-state index in [9.17, 15) is 14.7 Å². The van der Waals surface area contributed by atoms with Crippen molar-refractivity contribution in [3.8, 4) is 11.5 Å². The van der Waals surface area contributed by atoms with Gasteiger partial charge in [-0.15, -0.1) is 0 Å². The zero-order valence-corrected chi connectivity index (χ0v) is 16.3. The van der Waals surface area contributed by atoms with Gasteiger partial charge < -0.3 is 23.8 Å². The number of carbonyl (C=O) groups is 1. The molecule has 0 spiro atoms. The van der Waals surface area contributed by atoms with Gasteiger partial charge in [-0.1, -0.05) is 30.3 Å². The first-order chi connectivity index (χ1) is 12.1. The van der Waals surface area contributed by atoms with Gasteiger partial charge in [0.25, 0.3) is 0 Å². The molecule has 0 saturated carbocycles. The van der Waals surface area contributed by atoms with E-state index in [0.29, 0.717) is 13.0 Å². The summed E-state index contributed by atoms with van der Waals surface area (Å²) in [4.78, 5) is 22.2. The van der Waals surface area contributed by atoms with Gasteiger partial charge in [0, 0.05) is 12.5 Å². The molecule has 0 saturated heterocycles. The second-order valence-corrected chi connectivity index (χ2v) is 5.32. The minimum absolute atomic E-state index is 0. The van der Waals surface area contributed by atoms with Crippen LogP contribution in [-0.4, -0.2) is 19.2 Å². The third-order valence-corrected chi connectivity index (χ3v) is 3.54. The first kappa shape index (κ1) is 20.0. The second kappa shape index (κ2) is 9.43. The minimum atomic E-state index is -1.55. The van der Waals surface area contributed by atoms with Crippen LogP contribution in [0.15, 0.2) is 64.0 Å². The summed E-state index contributed by atoms with van der Waals surface area (Å²) in [5, 5.41) is 12.8. The number of rotatable bonds is 7. The molecule has 0 aliphatic heterocycles. The number of aromatic carboxylic acids is 1. The molecule has 0 fully saturated rings. The zero-order chi connectivity index (χ0) is 17.6. The van der Waals surface area contributed by atoms with Gasteiger partial charge in [0.15, 0.2) is 5.76 Å². The summed E-state index contributed by atoms with van der Waals surface area (Å²) < 4.78 is 15.7. The van der Waals surface area contributed by atoms with Gasteiger partial charge in [0.05, 0.1) is 13.2 Å². The maximum atomic E-state index is 11.6. The van der Waals surface area contributed by atoms with Gasteiger partial charge in [-0.3, -0.25) is 4.79 Å². The van der Waals surface area contributed by atoms with Crippen molar-refractivity contribution < 1.29 is 53.3 Å². The van der Waals surface area contributed by atoms with Crippen LogP contribution < -0.4 is 49.6 Å². The molecule has 0 amide bonds. The number of fused-ring (bicyclic) bond motifs is 1. The number of benzene rings is 2.